The summed E-state index contributed by atoms with van der Waals surface area (Å²) in [6, 6.07) is 10.1. The summed E-state index contributed by atoms with van der Waals surface area (Å²) in [4.78, 5) is 0.0466. The van der Waals surface area contributed by atoms with Crippen molar-refractivity contribution in [1.29, 1.82) is 5.26 Å². The van der Waals surface area contributed by atoms with E-state index in [0.29, 0.717) is 11.1 Å². The van der Waals surface area contributed by atoms with Crippen molar-refractivity contribution in [1.82, 2.24) is 0 Å². The highest BCUT2D eigenvalue weighted by Gasteiger charge is 2.19. The third-order valence-corrected chi connectivity index (χ3v) is 4.87. The average molecular weight is 304 g/mol. The Bertz CT molecular complexity index is 839. The lowest BCUT2D eigenvalue weighted by molar-refractivity contribution is 0.595. The monoisotopic (exact) mass is 304 g/mol. The summed E-state index contributed by atoms with van der Waals surface area (Å²) >= 11 is 0. The minimum atomic E-state index is -3.66. The van der Waals surface area contributed by atoms with Crippen LogP contribution < -0.4 is 5.73 Å². The maximum absolute atomic E-state index is 13.3. The van der Waals surface area contributed by atoms with Gasteiger partial charge >= 0.3 is 0 Å². The molecule has 0 saturated carbocycles. The Morgan fingerprint density at radius 1 is 1.29 bits per heavy atom. The molecule has 2 aromatic rings. The van der Waals surface area contributed by atoms with E-state index >= 15 is 0 Å². The van der Waals surface area contributed by atoms with E-state index in [4.69, 9.17) is 11.0 Å². The van der Waals surface area contributed by atoms with Gasteiger partial charge in [-0.2, -0.15) is 5.26 Å². The molecule has 0 aliphatic carbocycles. The second-order valence-corrected chi connectivity index (χ2v) is 6.63. The highest BCUT2D eigenvalue weighted by Crippen LogP contribution is 2.25. The minimum absolute atomic E-state index is 0.0466. The number of nitriles is 1. The lowest BCUT2D eigenvalue weighted by atomic mass is 10.1. The van der Waals surface area contributed by atoms with Gasteiger partial charge in [0, 0.05) is 0 Å². The molecule has 0 aliphatic rings. The molecule has 0 aliphatic heterocycles. The van der Waals surface area contributed by atoms with Crippen LogP contribution >= 0.6 is 0 Å². The van der Waals surface area contributed by atoms with E-state index in [9.17, 15) is 12.8 Å². The van der Waals surface area contributed by atoms with E-state index in [1.165, 1.54) is 18.2 Å². The van der Waals surface area contributed by atoms with Crippen LogP contribution in [0.25, 0.3) is 0 Å². The van der Waals surface area contributed by atoms with Gasteiger partial charge in [-0.3, -0.25) is 0 Å². The minimum Gasteiger partial charge on any atom is -0.397 e. The fourth-order valence-corrected chi connectivity index (χ4v) is 3.53. The molecule has 108 valence electrons. The zero-order valence-electron chi connectivity index (χ0n) is 11.3. The van der Waals surface area contributed by atoms with Gasteiger partial charge in [-0.05, 0) is 36.2 Å². The highest BCUT2D eigenvalue weighted by molar-refractivity contribution is 7.90. The van der Waals surface area contributed by atoms with Gasteiger partial charge in [-0.15, -0.1) is 0 Å². The first-order valence-electron chi connectivity index (χ1n) is 6.11. The zero-order chi connectivity index (χ0) is 15.6. The Balaban J connectivity index is 2.43. The lowest BCUT2D eigenvalue weighted by Gasteiger charge is -2.10. The number of sulfone groups is 1. The largest absolute Gasteiger partial charge is 0.397 e. The fraction of sp³-hybridized carbons (Fsp3) is 0.133. The number of para-hydroxylation sites is 1. The van der Waals surface area contributed by atoms with Crippen LogP contribution in [0.1, 0.15) is 16.7 Å². The standard InChI is InChI=1S/C15H13FN2O2S/c1-10-3-2-4-14(15(10)18)21(19,20)9-11-5-6-13(16)12(7-11)8-17/h2-7H,9,18H2,1H3. The molecular formula is C15H13FN2O2S. The summed E-state index contributed by atoms with van der Waals surface area (Å²) in [5, 5.41) is 8.78. The van der Waals surface area contributed by atoms with Crippen LogP contribution in [0.15, 0.2) is 41.3 Å². The topological polar surface area (TPSA) is 84.0 Å². The van der Waals surface area contributed by atoms with Gasteiger partial charge in [-0.1, -0.05) is 18.2 Å². The van der Waals surface area contributed by atoms with E-state index in [1.807, 2.05) is 0 Å². The van der Waals surface area contributed by atoms with E-state index < -0.39 is 15.7 Å². The average Bonchev–Trinajstić information content (AvgIpc) is 2.43. The van der Waals surface area contributed by atoms with Crippen LogP contribution in [0.2, 0.25) is 0 Å². The number of hydrogen-bond acceptors (Lipinski definition) is 4. The molecule has 0 spiro atoms. The van der Waals surface area contributed by atoms with Crippen molar-refractivity contribution in [3.8, 4) is 6.07 Å². The molecule has 0 saturated heterocycles. The molecule has 2 aromatic carbocycles. The maximum atomic E-state index is 13.3. The molecule has 0 bridgehead atoms. The number of hydrogen-bond donors (Lipinski definition) is 1. The lowest BCUT2D eigenvalue weighted by Crippen LogP contribution is -2.09. The molecular weight excluding hydrogens is 291 g/mol. The summed E-state index contributed by atoms with van der Waals surface area (Å²) < 4.78 is 38.1. The highest BCUT2D eigenvalue weighted by atomic mass is 32.2. The number of nitrogens with two attached hydrogens (primary N) is 1. The molecule has 0 unspecified atom stereocenters. The molecule has 0 aromatic heterocycles. The predicted octanol–water partition coefficient (Wildman–Crippen LogP) is 2.56. The first kappa shape index (κ1) is 15.0. The predicted molar refractivity (Wildman–Crippen MR) is 77.6 cm³/mol. The van der Waals surface area contributed by atoms with Crippen LogP contribution in [0.5, 0.6) is 0 Å². The number of nitrogens with zero attached hydrogens (tertiary/aromatic N) is 1. The van der Waals surface area contributed by atoms with E-state index in [0.717, 1.165) is 6.07 Å². The maximum Gasteiger partial charge on any atom is 0.184 e. The molecule has 21 heavy (non-hydrogen) atoms. The second-order valence-electron chi connectivity index (χ2n) is 4.67. The van der Waals surface area contributed by atoms with Crippen LogP contribution in [-0.2, 0) is 15.6 Å². The third kappa shape index (κ3) is 3.03. The molecule has 0 heterocycles. The fourth-order valence-electron chi connectivity index (χ4n) is 1.97. The first-order valence-corrected chi connectivity index (χ1v) is 7.77. The van der Waals surface area contributed by atoms with Gasteiger partial charge in [0.2, 0.25) is 0 Å². The van der Waals surface area contributed by atoms with Crippen molar-refractivity contribution in [2.45, 2.75) is 17.6 Å². The first-order chi connectivity index (χ1) is 9.85. The van der Waals surface area contributed by atoms with Gasteiger partial charge in [0.15, 0.2) is 9.84 Å². The SMILES string of the molecule is Cc1cccc(S(=O)(=O)Cc2ccc(F)c(C#N)c2)c1N. The van der Waals surface area contributed by atoms with Crippen LogP contribution in [-0.4, -0.2) is 8.42 Å². The van der Waals surface area contributed by atoms with Crippen LogP contribution in [0.4, 0.5) is 10.1 Å². The van der Waals surface area contributed by atoms with Gasteiger partial charge in [0.05, 0.1) is 21.9 Å². The second kappa shape index (κ2) is 5.54. The summed E-state index contributed by atoms with van der Waals surface area (Å²) in [5.41, 5.74) is 6.85. The number of rotatable bonds is 3. The molecule has 0 fully saturated rings. The van der Waals surface area contributed by atoms with Crippen molar-refractivity contribution >= 4 is 15.5 Å². The van der Waals surface area contributed by atoms with Gasteiger partial charge < -0.3 is 5.73 Å². The van der Waals surface area contributed by atoms with E-state index in [1.54, 1.807) is 25.1 Å². The van der Waals surface area contributed by atoms with Crippen molar-refractivity contribution in [3.05, 3.63) is 58.9 Å². The smallest absolute Gasteiger partial charge is 0.184 e. The number of nitrogen functional groups attached to an aromatic ring is 1. The number of anilines is 1. The van der Waals surface area contributed by atoms with Gasteiger partial charge in [0.1, 0.15) is 11.9 Å². The van der Waals surface area contributed by atoms with Gasteiger partial charge in [0.25, 0.3) is 0 Å². The van der Waals surface area contributed by atoms with Crippen LogP contribution in [0, 0.1) is 24.1 Å². The third-order valence-electron chi connectivity index (χ3n) is 3.13. The molecule has 0 radical (unpaired) electrons. The Morgan fingerprint density at radius 3 is 2.67 bits per heavy atom. The number of benzene rings is 2. The Morgan fingerprint density at radius 2 is 2.00 bits per heavy atom. The quantitative estimate of drug-likeness (QED) is 0.883. The Hall–Kier alpha value is -2.39. The summed E-state index contributed by atoms with van der Waals surface area (Å²) in [5.74, 6) is -1.01. The number of halogens is 1. The van der Waals surface area contributed by atoms with Crippen molar-refractivity contribution in [3.63, 3.8) is 0 Å². The van der Waals surface area contributed by atoms with E-state index in [2.05, 4.69) is 0 Å². The summed E-state index contributed by atoms with van der Waals surface area (Å²) in [6.45, 7) is 1.72. The van der Waals surface area contributed by atoms with Gasteiger partial charge in [-0.25, -0.2) is 12.8 Å². The molecule has 4 nitrogen and oxygen atoms in total. The van der Waals surface area contributed by atoms with Crippen molar-refractivity contribution in [2.75, 3.05) is 5.73 Å². The molecule has 2 rings (SSSR count). The van der Waals surface area contributed by atoms with Crippen molar-refractivity contribution in [2.24, 2.45) is 0 Å². The Kier molecular flexibility index (Phi) is 3.96. The molecule has 2 N–H and O–H groups in total. The van der Waals surface area contributed by atoms with Crippen molar-refractivity contribution < 1.29 is 12.8 Å². The zero-order valence-corrected chi connectivity index (χ0v) is 12.1. The Labute approximate surface area is 122 Å². The normalized spacial score (nSPS) is 11.1. The molecule has 0 atom stereocenters. The summed E-state index contributed by atoms with van der Waals surface area (Å²) in [7, 11) is -3.66. The molecule has 6 heteroatoms. The summed E-state index contributed by atoms with van der Waals surface area (Å²) in [6.07, 6.45) is 0. The number of aryl methyl sites for hydroxylation is 1. The van der Waals surface area contributed by atoms with E-state index in [-0.39, 0.29) is 21.9 Å². The van der Waals surface area contributed by atoms with Crippen LogP contribution in [0.3, 0.4) is 0 Å². The molecule has 0 amide bonds.